The van der Waals surface area contributed by atoms with Crippen LogP contribution >= 0.6 is 11.3 Å². The zero-order valence-electron chi connectivity index (χ0n) is 11.6. The first kappa shape index (κ1) is 15.0. The van der Waals surface area contributed by atoms with Gasteiger partial charge in [0.2, 0.25) is 5.91 Å². The molecule has 1 aromatic heterocycles. The number of carbonyl (C=O) groups excluding carboxylic acids is 1. The second-order valence-corrected chi connectivity index (χ2v) is 6.32. The van der Waals surface area contributed by atoms with E-state index in [0.717, 1.165) is 30.6 Å². The summed E-state index contributed by atoms with van der Waals surface area (Å²) in [4.78, 5) is 24.2. The monoisotopic (exact) mass is 295 g/mol. The SMILES string of the molecule is O=C(O)CCCNC(=O)C1(c2cccs2)CCCCC1. The Labute approximate surface area is 123 Å². The summed E-state index contributed by atoms with van der Waals surface area (Å²) in [6.07, 6.45) is 5.75. The lowest BCUT2D eigenvalue weighted by atomic mass is 9.72. The number of rotatable bonds is 6. The van der Waals surface area contributed by atoms with Crippen molar-refractivity contribution in [1.82, 2.24) is 5.32 Å². The van der Waals surface area contributed by atoms with Gasteiger partial charge in [-0.2, -0.15) is 0 Å². The van der Waals surface area contributed by atoms with Gasteiger partial charge in [-0.25, -0.2) is 0 Å². The molecular weight excluding hydrogens is 274 g/mol. The number of thiophene rings is 1. The molecular formula is C15H21NO3S. The van der Waals surface area contributed by atoms with Gasteiger partial charge < -0.3 is 10.4 Å². The van der Waals surface area contributed by atoms with Gasteiger partial charge in [0.05, 0.1) is 5.41 Å². The summed E-state index contributed by atoms with van der Waals surface area (Å²) in [6, 6.07) is 4.04. The lowest BCUT2D eigenvalue weighted by Gasteiger charge is -2.35. The van der Waals surface area contributed by atoms with Gasteiger partial charge in [0.15, 0.2) is 0 Å². The van der Waals surface area contributed by atoms with Crippen LogP contribution in [-0.2, 0) is 15.0 Å². The van der Waals surface area contributed by atoms with E-state index >= 15 is 0 Å². The Balaban J connectivity index is 2.00. The molecule has 1 heterocycles. The molecule has 1 aliphatic carbocycles. The standard InChI is InChI=1S/C15H21NO3S/c17-13(18)7-4-10-16-14(19)15(8-2-1-3-9-15)12-6-5-11-20-12/h5-6,11H,1-4,7-10H2,(H,16,19)(H,17,18). The van der Waals surface area contributed by atoms with Gasteiger partial charge in [0.1, 0.15) is 0 Å². The molecule has 0 bridgehead atoms. The van der Waals surface area contributed by atoms with E-state index in [1.54, 1.807) is 11.3 Å². The van der Waals surface area contributed by atoms with Gasteiger partial charge in [-0.3, -0.25) is 9.59 Å². The molecule has 20 heavy (non-hydrogen) atoms. The Morgan fingerprint density at radius 3 is 2.65 bits per heavy atom. The molecule has 1 amide bonds. The molecule has 1 saturated carbocycles. The molecule has 1 fully saturated rings. The zero-order valence-corrected chi connectivity index (χ0v) is 12.4. The third-order valence-corrected chi connectivity index (χ3v) is 5.06. The normalized spacial score (nSPS) is 17.6. The highest BCUT2D eigenvalue weighted by atomic mass is 32.1. The second kappa shape index (κ2) is 6.88. The summed E-state index contributed by atoms with van der Waals surface area (Å²) < 4.78 is 0. The molecule has 1 aromatic rings. The maximum absolute atomic E-state index is 12.6. The van der Waals surface area contributed by atoms with Crippen LogP contribution in [0.5, 0.6) is 0 Å². The molecule has 0 radical (unpaired) electrons. The number of hydrogen-bond acceptors (Lipinski definition) is 3. The fourth-order valence-electron chi connectivity index (χ4n) is 2.90. The van der Waals surface area contributed by atoms with Crippen molar-refractivity contribution >= 4 is 23.2 Å². The van der Waals surface area contributed by atoms with E-state index in [4.69, 9.17) is 5.11 Å². The summed E-state index contributed by atoms with van der Waals surface area (Å²) in [6.45, 7) is 0.443. The fourth-order valence-corrected chi connectivity index (χ4v) is 3.89. The average Bonchev–Trinajstić information content (AvgIpc) is 2.98. The minimum Gasteiger partial charge on any atom is -0.481 e. The van der Waals surface area contributed by atoms with Gasteiger partial charge in [-0.05, 0) is 30.7 Å². The molecule has 4 nitrogen and oxygen atoms in total. The highest BCUT2D eigenvalue weighted by molar-refractivity contribution is 7.10. The molecule has 0 saturated heterocycles. The molecule has 2 N–H and O–H groups in total. The average molecular weight is 295 g/mol. The van der Waals surface area contributed by atoms with Crippen LogP contribution in [0.4, 0.5) is 0 Å². The highest BCUT2D eigenvalue weighted by Crippen LogP contribution is 2.41. The van der Waals surface area contributed by atoms with Gasteiger partial charge >= 0.3 is 5.97 Å². The van der Waals surface area contributed by atoms with E-state index in [2.05, 4.69) is 5.32 Å². The molecule has 110 valence electrons. The van der Waals surface area contributed by atoms with Crippen molar-refractivity contribution in [3.05, 3.63) is 22.4 Å². The van der Waals surface area contributed by atoms with Crippen LogP contribution in [0, 0.1) is 0 Å². The Hall–Kier alpha value is -1.36. The minimum absolute atomic E-state index is 0.0741. The lowest BCUT2D eigenvalue weighted by Crippen LogP contribution is -2.45. The number of hydrogen-bond donors (Lipinski definition) is 2. The molecule has 0 aromatic carbocycles. The van der Waals surface area contributed by atoms with Crippen LogP contribution in [0.2, 0.25) is 0 Å². The minimum atomic E-state index is -0.815. The summed E-state index contributed by atoms with van der Waals surface area (Å²) in [5.41, 5.74) is -0.379. The molecule has 0 aliphatic heterocycles. The topological polar surface area (TPSA) is 66.4 Å². The fraction of sp³-hybridized carbons (Fsp3) is 0.600. The summed E-state index contributed by atoms with van der Waals surface area (Å²) in [5.74, 6) is -0.741. The van der Waals surface area contributed by atoms with Crippen molar-refractivity contribution in [3.8, 4) is 0 Å². The number of carboxylic acid groups (broad SMARTS) is 1. The summed E-state index contributed by atoms with van der Waals surface area (Å²) in [7, 11) is 0. The first-order chi connectivity index (χ1) is 9.65. The van der Waals surface area contributed by atoms with Crippen LogP contribution < -0.4 is 5.32 Å². The van der Waals surface area contributed by atoms with Crippen molar-refractivity contribution in [3.63, 3.8) is 0 Å². The molecule has 1 aliphatic rings. The predicted molar refractivity (Wildman–Crippen MR) is 79.0 cm³/mol. The Morgan fingerprint density at radius 1 is 1.30 bits per heavy atom. The molecule has 5 heteroatoms. The smallest absolute Gasteiger partial charge is 0.303 e. The van der Waals surface area contributed by atoms with Crippen molar-refractivity contribution in [2.75, 3.05) is 6.54 Å². The largest absolute Gasteiger partial charge is 0.481 e. The predicted octanol–water partition coefficient (Wildman–Crippen LogP) is 2.93. The van der Waals surface area contributed by atoms with E-state index in [0.29, 0.717) is 13.0 Å². The first-order valence-corrected chi connectivity index (χ1v) is 8.07. The van der Waals surface area contributed by atoms with E-state index in [-0.39, 0.29) is 17.7 Å². The van der Waals surface area contributed by atoms with E-state index in [1.807, 2.05) is 17.5 Å². The highest BCUT2D eigenvalue weighted by Gasteiger charge is 2.41. The van der Waals surface area contributed by atoms with E-state index in [9.17, 15) is 9.59 Å². The summed E-state index contributed by atoms with van der Waals surface area (Å²) >= 11 is 1.65. The van der Waals surface area contributed by atoms with E-state index in [1.165, 1.54) is 6.42 Å². The second-order valence-electron chi connectivity index (χ2n) is 5.37. The number of nitrogens with one attached hydrogen (secondary N) is 1. The zero-order chi connectivity index (χ0) is 14.4. The van der Waals surface area contributed by atoms with Gasteiger partial charge in [-0.1, -0.05) is 25.3 Å². The molecule has 2 rings (SSSR count). The van der Waals surface area contributed by atoms with Crippen molar-refractivity contribution in [2.24, 2.45) is 0 Å². The number of carboxylic acids is 1. The Morgan fingerprint density at radius 2 is 2.05 bits per heavy atom. The third-order valence-electron chi connectivity index (χ3n) is 3.99. The number of carbonyl (C=O) groups is 2. The Kier molecular flexibility index (Phi) is 5.17. The van der Waals surface area contributed by atoms with Gasteiger partial charge in [-0.15, -0.1) is 11.3 Å². The van der Waals surface area contributed by atoms with Crippen LogP contribution in [-0.4, -0.2) is 23.5 Å². The van der Waals surface area contributed by atoms with E-state index < -0.39 is 5.97 Å². The van der Waals surface area contributed by atoms with Gasteiger partial charge in [0.25, 0.3) is 0 Å². The third kappa shape index (κ3) is 3.39. The number of aliphatic carboxylic acids is 1. The molecule has 0 unspecified atom stereocenters. The van der Waals surface area contributed by atoms with Crippen molar-refractivity contribution < 1.29 is 14.7 Å². The number of amides is 1. The van der Waals surface area contributed by atoms with Crippen molar-refractivity contribution in [2.45, 2.75) is 50.4 Å². The lowest BCUT2D eigenvalue weighted by molar-refractivity contribution is -0.137. The molecule has 0 spiro atoms. The van der Waals surface area contributed by atoms with Crippen LogP contribution in [0.3, 0.4) is 0 Å². The maximum Gasteiger partial charge on any atom is 0.303 e. The Bertz CT molecular complexity index is 450. The summed E-state index contributed by atoms with van der Waals surface area (Å²) in [5, 5.41) is 13.6. The molecule has 0 atom stereocenters. The first-order valence-electron chi connectivity index (χ1n) is 7.19. The van der Waals surface area contributed by atoms with Crippen LogP contribution in [0.15, 0.2) is 17.5 Å². The quantitative estimate of drug-likeness (QED) is 0.793. The van der Waals surface area contributed by atoms with Crippen molar-refractivity contribution in [1.29, 1.82) is 0 Å². The van der Waals surface area contributed by atoms with Crippen LogP contribution in [0.25, 0.3) is 0 Å². The van der Waals surface area contributed by atoms with Crippen LogP contribution in [0.1, 0.15) is 49.8 Å². The maximum atomic E-state index is 12.6. The van der Waals surface area contributed by atoms with Gasteiger partial charge in [0, 0.05) is 17.8 Å².